The topological polar surface area (TPSA) is 89.5 Å². The molecule has 5 rings (SSSR count). The number of rotatable bonds is 10. The lowest BCUT2D eigenvalue weighted by Crippen LogP contribution is -2.49. The highest BCUT2D eigenvalue weighted by Gasteiger charge is 2.42. The first-order chi connectivity index (χ1) is 19.4. The molecule has 2 heterocycles. The van der Waals surface area contributed by atoms with Crippen molar-refractivity contribution < 1.29 is 33.2 Å². The SMILES string of the molecule is CNC(=O)c1ccc(OCc2ccc(OC)cc2)cc1OC[C@H](O)CN1CCC2(CC1)Cc1cc(F)ccc1O2. The van der Waals surface area contributed by atoms with Crippen LogP contribution < -0.4 is 24.3 Å². The summed E-state index contributed by atoms with van der Waals surface area (Å²) in [6.07, 6.45) is 1.54. The summed E-state index contributed by atoms with van der Waals surface area (Å²) in [4.78, 5) is 14.6. The van der Waals surface area contributed by atoms with Gasteiger partial charge in [0.15, 0.2) is 0 Å². The van der Waals surface area contributed by atoms with E-state index in [-0.39, 0.29) is 23.9 Å². The predicted molar refractivity (Wildman–Crippen MR) is 148 cm³/mol. The van der Waals surface area contributed by atoms with Crippen molar-refractivity contribution in [3.8, 4) is 23.0 Å². The molecule has 2 aliphatic rings. The number of methoxy groups -OCH3 is 1. The second-order valence-corrected chi connectivity index (χ2v) is 10.4. The molecule has 1 amide bonds. The number of carbonyl (C=O) groups excluding carboxylic acids is 1. The lowest BCUT2D eigenvalue weighted by Gasteiger charge is -2.39. The molecule has 8 nitrogen and oxygen atoms in total. The highest BCUT2D eigenvalue weighted by Crippen LogP contribution is 2.41. The molecule has 1 fully saturated rings. The molecule has 9 heteroatoms. The first kappa shape index (κ1) is 27.7. The van der Waals surface area contributed by atoms with Gasteiger partial charge in [0.1, 0.15) is 53.7 Å². The number of hydrogen-bond donors (Lipinski definition) is 2. The van der Waals surface area contributed by atoms with Gasteiger partial charge in [-0.3, -0.25) is 4.79 Å². The van der Waals surface area contributed by atoms with E-state index in [2.05, 4.69) is 10.2 Å². The average Bonchev–Trinajstić information content (AvgIpc) is 3.33. The smallest absolute Gasteiger partial charge is 0.254 e. The minimum Gasteiger partial charge on any atom is -0.497 e. The Morgan fingerprint density at radius 3 is 2.55 bits per heavy atom. The summed E-state index contributed by atoms with van der Waals surface area (Å²) in [5, 5.41) is 13.4. The van der Waals surface area contributed by atoms with Gasteiger partial charge < -0.3 is 34.3 Å². The zero-order chi connectivity index (χ0) is 28.1. The predicted octanol–water partition coefficient (Wildman–Crippen LogP) is 3.98. The lowest BCUT2D eigenvalue weighted by atomic mass is 9.87. The van der Waals surface area contributed by atoms with Crippen LogP contribution in [0.3, 0.4) is 0 Å². The van der Waals surface area contributed by atoms with Crippen molar-refractivity contribution in [1.29, 1.82) is 0 Å². The van der Waals surface area contributed by atoms with E-state index in [0.29, 0.717) is 36.6 Å². The monoisotopic (exact) mass is 550 g/mol. The molecule has 40 heavy (non-hydrogen) atoms. The second kappa shape index (κ2) is 12.1. The lowest BCUT2D eigenvalue weighted by molar-refractivity contribution is -0.00201. The summed E-state index contributed by atoms with van der Waals surface area (Å²) in [6.45, 7) is 2.30. The number of nitrogens with zero attached hydrogens (tertiary/aromatic N) is 1. The van der Waals surface area contributed by atoms with Crippen LogP contribution in [0.4, 0.5) is 4.39 Å². The fourth-order valence-electron chi connectivity index (χ4n) is 5.28. The number of aliphatic hydroxyl groups is 1. The number of benzene rings is 3. The van der Waals surface area contributed by atoms with Gasteiger partial charge in [0, 0.05) is 57.6 Å². The van der Waals surface area contributed by atoms with Crippen molar-refractivity contribution in [2.45, 2.75) is 37.6 Å². The minimum atomic E-state index is -0.758. The van der Waals surface area contributed by atoms with E-state index in [1.54, 1.807) is 44.5 Å². The third-order valence-electron chi connectivity index (χ3n) is 7.52. The number of β-amino-alcohol motifs (C(OH)–C–C–N with tert-alkyl or cyclic N) is 1. The fourth-order valence-corrected chi connectivity index (χ4v) is 5.28. The number of fused-ring (bicyclic) bond motifs is 1. The van der Waals surface area contributed by atoms with Crippen LogP contribution in [0, 0.1) is 5.82 Å². The van der Waals surface area contributed by atoms with Crippen LogP contribution in [0.5, 0.6) is 23.0 Å². The van der Waals surface area contributed by atoms with Gasteiger partial charge in [-0.2, -0.15) is 0 Å². The Morgan fingerprint density at radius 2 is 1.82 bits per heavy atom. The van der Waals surface area contributed by atoms with Gasteiger partial charge in [0.25, 0.3) is 5.91 Å². The summed E-state index contributed by atoms with van der Waals surface area (Å²) >= 11 is 0. The number of amides is 1. The fraction of sp³-hybridized carbons (Fsp3) is 0.387. The van der Waals surface area contributed by atoms with Crippen molar-refractivity contribution >= 4 is 5.91 Å². The van der Waals surface area contributed by atoms with Crippen LogP contribution >= 0.6 is 0 Å². The third-order valence-corrected chi connectivity index (χ3v) is 7.52. The maximum absolute atomic E-state index is 13.6. The van der Waals surface area contributed by atoms with E-state index in [4.69, 9.17) is 18.9 Å². The number of piperidine rings is 1. The molecule has 1 saturated heterocycles. The number of aliphatic hydroxyl groups excluding tert-OH is 1. The summed E-state index contributed by atoms with van der Waals surface area (Å²) in [5.74, 6) is 1.90. The van der Waals surface area contributed by atoms with Crippen LogP contribution in [0.2, 0.25) is 0 Å². The van der Waals surface area contributed by atoms with Crippen LogP contribution in [-0.2, 0) is 13.0 Å². The van der Waals surface area contributed by atoms with Crippen LogP contribution in [0.15, 0.2) is 60.7 Å². The van der Waals surface area contributed by atoms with E-state index in [9.17, 15) is 14.3 Å². The number of likely N-dealkylation sites (tertiary alicyclic amines) is 1. The van der Waals surface area contributed by atoms with Crippen molar-refractivity contribution in [1.82, 2.24) is 10.2 Å². The highest BCUT2D eigenvalue weighted by molar-refractivity contribution is 5.96. The van der Waals surface area contributed by atoms with Gasteiger partial charge in [-0.1, -0.05) is 12.1 Å². The second-order valence-electron chi connectivity index (χ2n) is 10.4. The van der Waals surface area contributed by atoms with Crippen molar-refractivity contribution in [3.05, 3.63) is 83.2 Å². The van der Waals surface area contributed by atoms with Gasteiger partial charge >= 0.3 is 0 Å². The Kier molecular flexibility index (Phi) is 8.42. The number of hydrogen-bond acceptors (Lipinski definition) is 7. The molecule has 0 saturated carbocycles. The molecule has 0 aliphatic carbocycles. The van der Waals surface area contributed by atoms with E-state index >= 15 is 0 Å². The summed E-state index contributed by atoms with van der Waals surface area (Å²) in [6, 6.07) is 17.3. The van der Waals surface area contributed by atoms with E-state index < -0.39 is 6.10 Å². The average molecular weight is 551 g/mol. The third kappa shape index (κ3) is 6.48. The molecule has 0 radical (unpaired) electrons. The first-order valence-corrected chi connectivity index (χ1v) is 13.5. The molecule has 0 aromatic heterocycles. The number of ether oxygens (including phenoxy) is 4. The van der Waals surface area contributed by atoms with Gasteiger partial charge in [-0.05, 0) is 48.0 Å². The molecule has 1 spiro atoms. The molecule has 2 aliphatic heterocycles. The van der Waals surface area contributed by atoms with Gasteiger partial charge in [-0.15, -0.1) is 0 Å². The van der Waals surface area contributed by atoms with Gasteiger partial charge in [0.05, 0.1) is 12.7 Å². The summed E-state index contributed by atoms with van der Waals surface area (Å²) < 4.78 is 36.9. The summed E-state index contributed by atoms with van der Waals surface area (Å²) in [5.41, 5.74) is 1.95. The normalized spacial score (nSPS) is 16.6. The molecule has 0 bridgehead atoms. The van der Waals surface area contributed by atoms with Crippen molar-refractivity contribution in [2.75, 3.05) is 40.4 Å². The summed E-state index contributed by atoms with van der Waals surface area (Å²) in [7, 11) is 3.18. The van der Waals surface area contributed by atoms with E-state index in [1.807, 2.05) is 24.3 Å². The highest BCUT2D eigenvalue weighted by atomic mass is 19.1. The zero-order valence-electron chi connectivity index (χ0n) is 22.8. The van der Waals surface area contributed by atoms with Crippen LogP contribution in [-0.4, -0.2) is 68.0 Å². The molecule has 212 valence electrons. The van der Waals surface area contributed by atoms with Crippen LogP contribution in [0.25, 0.3) is 0 Å². The van der Waals surface area contributed by atoms with Crippen LogP contribution in [0.1, 0.15) is 34.3 Å². The maximum atomic E-state index is 13.6. The van der Waals surface area contributed by atoms with Gasteiger partial charge in [-0.25, -0.2) is 4.39 Å². The Bertz CT molecular complexity index is 1320. The Hall–Kier alpha value is -3.82. The number of halogens is 1. The molecule has 1 atom stereocenters. The Morgan fingerprint density at radius 1 is 1.07 bits per heavy atom. The van der Waals surface area contributed by atoms with Crippen molar-refractivity contribution in [3.63, 3.8) is 0 Å². The zero-order valence-corrected chi connectivity index (χ0v) is 22.8. The Labute approximate surface area is 233 Å². The Balaban J connectivity index is 1.14. The molecule has 3 aromatic rings. The van der Waals surface area contributed by atoms with E-state index in [1.165, 1.54) is 6.07 Å². The molecular formula is C31H35FN2O6. The van der Waals surface area contributed by atoms with Crippen molar-refractivity contribution in [2.24, 2.45) is 0 Å². The quantitative estimate of drug-likeness (QED) is 0.395. The molecular weight excluding hydrogens is 515 g/mol. The molecule has 2 N–H and O–H groups in total. The molecule has 0 unspecified atom stereocenters. The largest absolute Gasteiger partial charge is 0.497 e. The first-order valence-electron chi connectivity index (χ1n) is 13.5. The maximum Gasteiger partial charge on any atom is 0.254 e. The number of carbonyl (C=O) groups is 1. The number of nitrogens with one attached hydrogen (secondary N) is 1. The molecule has 3 aromatic carbocycles. The minimum absolute atomic E-state index is 0.0226. The van der Waals surface area contributed by atoms with Gasteiger partial charge in [0.2, 0.25) is 0 Å². The van der Waals surface area contributed by atoms with E-state index in [0.717, 1.165) is 48.6 Å². The standard InChI is InChI=1S/C31H35FN2O6/c1-33-30(36)27-9-8-26(38-19-21-3-6-25(37-2)7-4-21)16-29(27)39-20-24(35)18-34-13-11-31(12-14-34)17-22-15-23(32)5-10-28(22)40-31/h3-10,15-16,24,35H,11-14,17-20H2,1-2H3,(H,33,36)/t24-/m1/s1.